The topological polar surface area (TPSA) is 83.4 Å². The molecule has 1 aliphatic rings. The Hall–Kier alpha value is -3.43. The Morgan fingerprint density at radius 2 is 2.07 bits per heavy atom. The summed E-state index contributed by atoms with van der Waals surface area (Å²) in [4.78, 5) is 35.7. The van der Waals surface area contributed by atoms with Crippen LogP contribution in [0, 0.1) is 5.82 Å². The Bertz CT molecular complexity index is 1320. The van der Waals surface area contributed by atoms with E-state index in [-0.39, 0.29) is 16.5 Å². The van der Waals surface area contributed by atoms with Gasteiger partial charge in [-0.1, -0.05) is 11.3 Å². The minimum atomic E-state index is -0.845. The standard InChI is InChI=1S/C21H12FN3O3S2/c22-13-3-4-14-15(8-13)30-21(24-14)25-17(12-5-7-29-10-12)16(19(27)20(25)28)18(26)11-2-1-6-23-9-11/h1-10,17,26H/b18-16+. The van der Waals surface area contributed by atoms with Gasteiger partial charge in [0.05, 0.1) is 21.8 Å². The smallest absolute Gasteiger partial charge is 0.301 e. The zero-order chi connectivity index (χ0) is 20.8. The molecule has 0 aliphatic carbocycles. The number of thiazole rings is 1. The zero-order valence-corrected chi connectivity index (χ0v) is 16.8. The van der Waals surface area contributed by atoms with Gasteiger partial charge in [-0.25, -0.2) is 9.37 Å². The number of amides is 1. The highest BCUT2D eigenvalue weighted by molar-refractivity contribution is 7.22. The SMILES string of the molecule is O=C1C(=O)N(c2nc3ccc(F)cc3s2)C(c2ccsc2)/C1=C(\O)c1cccnc1. The fourth-order valence-corrected chi connectivity index (χ4v) is 5.12. The molecule has 0 radical (unpaired) electrons. The van der Waals surface area contributed by atoms with Gasteiger partial charge in [0.25, 0.3) is 5.78 Å². The maximum Gasteiger partial charge on any atom is 0.301 e. The number of hydrogen-bond donors (Lipinski definition) is 1. The molecule has 1 atom stereocenters. The minimum absolute atomic E-state index is 0.0307. The van der Waals surface area contributed by atoms with Gasteiger partial charge in [0, 0.05) is 18.0 Å². The van der Waals surface area contributed by atoms with E-state index in [4.69, 9.17) is 0 Å². The molecule has 9 heteroatoms. The van der Waals surface area contributed by atoms with Gasteiger partial charge in [-0.3, -0.25) is 19.5 Å². The first kappa shape index (κ1) is 18.6. The van der Waals surface area contributed by atoms with Crippen molar-refractivity contribution in [2.24, 2.45) is 0 Å². The molecule has 1 amide bonds. The summed E-state index contributed by atoms with van der Waals surface area (Å²) in [6.45, 7) is 0. The normalized spacial score (nSPS) is 18.4. The van der Waals surface area contributed by atoms with Crippen molar-refractivity contribution in [3.63, 3.8) is 0 Å². The van der Waals surface area contributed by atoms with Gasteiger partial charge < -0.3 is 5.11 Å². The van der Waals surface area contributed by atoms with Gasteiger partial charge in [-0.05, 0) is 52.7 Å². The zero-order valence-electron chi connectivity index (χ0n) is 15.2. The van der Waals surface area contributed by atoms with E-state index in [0.717, 1.165) is 11.3 Å². The quantitative estimate of drug-likeness (QED) is 0.290. The Morgan fingerprint density at radius 1 is 1.20 bits per heavy atom. The number of rotatable bonds is 3. The number of fused-ring (bicyclic) bond motifs is 1. The number of pyridine rings is 1. The third-order valence-electron chi connectivity index (χ3n) is 4.78. The summed E-state index contributed by atoms with van der Waals surface area (Å²) in [5, 5.41) is 14.8. The number of nitrogens with zero attached hydrogens (tertiary/aromatic N) is 3. The summed E-state index contributed by atoms with van der Waals surface area (Å²) in [5.41, 5.74) is 1.50. The second kappa shape index (κ2) is 7.12. The summed E-state index contributed by atoms with van der Waals surface area (Å²) >= 11 is 2.52. The van der Waals surface area contributed by atoms with Crippen molar-refractivity contribution in [1.29, 1.82) is 0 Å². The molecule has 4 aromatic rings. The van der Waals surface area contributed by atoms with Crippen LogP contribution < -0.4 is 4.90 Å². The van der Waals surface area contributed by atoms with Gasteiger partial charge >= 0.3 is 5.91 Å². The van der Waals surface area contributed by atoms with Crippen LogP contribution in [0.4, 0.5) is 9.52 Å². The Balaban J connectivity index is 1.72. The molecule has 4 heterocycles. The fourth-order valence-electron chi connectivity index (χ4n) is 3.42. The van der Waals surface area contributed by atoms with E-state index in [9.17, 15) is 19.1 Å². The maximum absolute atomic E-state index is 13.6. The number of ketones is 1. The average Bonchev–Trinajstić information content (AvgIpc) is 3.47. The highest BCUT2D eigenvalue weighted by Gasteiger charge is 2.48. The lowest BCUT2D eigenvalue weighted by atomic mass is 9.98. The summed E-state index contributed by atoms with van der Waals surface area (Å²) in [6, 6.07) is 8.34. The molecule has 0 bridgehead atoms. The number of carbonyl (C=O) groups is 2. The number of hydrogen-bond acceptors (Lipinski definition) is 7. The van der Waals surface area contributed by atoms with E-state index >= 15 is 0 Å². The molecule has 1 aliphatic heterocycles. The van der Waals surface area contributed by atoms with Gasteiger partial charge in [0.2, 0.25) is 0 Å². The lowest BCUT2D eigenvalue weighted by molar-refractivity contribution is -0.132. The molecule has 3 aromatic heterocycles. The van der Waals surface area contributed by atoms with E-state index in [1.54, 1.807) is 24.4 Å². The average molecular weight is 437 g/mol. The van der Waals surface area contributed by atoms with Crippen LogP contribution >= 0.6 is 22.7 Å². The maximum atomic E-state index is 13.6. The fraction of sp³-hybridized carbons (Fsp3) is 0.0476. The van der Waals surface area contributed by atoms with Crippen molar-refractivity contribution < 1.29 is 19.1 Å². The van der Waals surface area contributed by atoms with Crippen molar-refractivity contribution >= 4 is 55.5 Å². The molecule has 5 rings (SSSR count). The van der Waals surface area contributed by atoms with Crippen LogP contribution in [0.1, 0.15) is 17.2 Å². The Labute approximate surface area is 177 Å². The van der Waals surface area contributed by atoms with Crippen molar-refractivity contribution in [2.75, 3.05) is 4.90 Å². The molecule has 1 aromatic carbocycles. The third-order valence-corrected chi connectivity index (χ3v) is 6.50. The minimum Gasteiger partial charge on any atom is -0.507 e. The van der Waals surface area contributed by atoms with Crippen molar-refractivity contribution in [3.8, 4) is 0 Å². The lowest BCUT2D eigenvalue weighted by Gasteiger charge is -2.21. The van der Waals surface area contributed by atoms with E-state index in [0.29, 0.717) is 21.3 Å². The largest absolute Gasteiger partial charge is 0.507 e. The number of carbonyl (C=O) groups excluding carboxylic acids is 2. The second-order valence-corrected chi connectivity index (χ2v) is 8.37. The number of halogens is 1. The molecule has 30 heavy (non-hydrogen) atoms. The van der Waals surface area contributed by atoms with E-state index in [1.165, 1.54) is 40.6 Å². The number of anilines is 1. The first-order chi connectivity index (χ1) is 14.5. The van der Waals surface area contributed by atoms with Crippen LogP contribution in [0.25, 0.3) is 16.0 Å². The van der Waals surface area contributed by atoms with Crippen molar-refractivity contribution in [3.05, 3.63) is 82.1 Å². The van der Waals surface area contributed by atoms with E-state index in [1.807, 2.05) is 10.8 Å². The van der Waals surface area contributed by atoms with E-state index < -0.39 is 23.5 Å². The summed E-state index contributed by atoms with van der Waals surface area (Å²) in [6.07, 6.45) is 2.97. The van der Waals surface area contributed by atoms with Crippen molar-refractivity contribution in [1.82, 2.24) is 9.97 Å². The predicted molar refractivity (Wildman–Crippen MR) is 113 cm³/mol. The first-order valence-electron chi connectivity index (χ1n) is 8.84. The molecule has 0 saturated carbocycles. The molecule has 1 saturated heterocycles. The highest BCUT2D eigenvalue weighted by Crippen LogP contribution is 2.44. The van der Waals surface area contributed by atoms with Crippen LogP contribution in [-0.4, -0.2) is 26.8 Å². The molecule has 148 valence electrons. The molecular formula is C21H12FN3O3S2. The lowest BCUT2D eigenvalue weighted by Crippen LogP contribution is -2.29. The first-order valence-corrected chi connectivity index (χ1v) is 10.6. The van der Waals surface area contributed by atoms with Crippen molar-refractivity contribution in [2.45, 2.75) is 6.04 Å². The molecule has 1 unspecified atom stereocenters. The molecule has 1 N–H and O–H groups in total. The van der Waals surface area contributed by atoms with Crippen LogP contribution in [0.5, 0.6) is 0 Å². The molecular weight excluding hydrogens is 425 g/mol. The summed E-state index contributed by atoms with van der Waals surface area (Å²) in [5.74, 6) is -2.31. The summed E-state index contributed by atoms with van der Waals surface area (Å²) in [7, 11) is 0. The van der Waals surface area contributed by atoms with E-state index in [2.05, 4.69) is 9.97 Å². The molecule has 6 nitrogen and oxygen atoms in total. The van der Waals surface area contributed by atoms with Gasteiger partial charge in [-0.2, -0.15) is 11.3 Å². The number of aliphatic hydroxyl groups excluding tert-OH is 1. The predicted octanol–water partition coefficient (Wildman–Crippen LogP) is 4.52. The second-order valence-electron chi connectivity index (χ2n) is 6.58. The Kier molecular flexibility index (Phi) is 4.41. The van der Waals surface area contributed by atoms with Crippen LogP contribution in [-0.2, 0) is 9.59 Å². The monoisotopic (exact) mass is 437 g/mol. The number of benzene rings is 1. The van der Waals surface area contributed by atoms with Gasteiger partial charge in [0.15, 0.2) is 5.13 Å². The van der Waals surface area contributed by atoms with Gasteiger partial charge in [0.1, 0.15) is 11.6 Å². The molecule has 0 spiro atoms. The number of Topliss-reactive ketones (excluding diaryl/α,β-unsaturated/α-hetero) is 1. The highest BCUT2D eigenvalue weighted by atomic mass is 32.1. The van der Waals surface area contributed by atoms with Gasteiger partial charge in [-0.15, -0.1) is 0 Å². The summed E-state index contributed by atoms with van der Waals surface area (Å²) < 4.78 is 14.2. The van der Waals surface area contributed by atoms with Crippen LogP contribution in [0.15, 0.2) is 65.1 Å². The Morgan fingerprint density at radius 3 is 2.80 bits per heavy atom. The van der Waals surface area contributed by atoms with Crippen LogP contribution in [0.3, 0.4) is 0 Å². The van der Waals surface area contributed by atoms with Crippen LogP contribution in [0.2, 0.25) is 0 Å². The molecule has 1 fully saturated rings. The number of aliphatic hydroxyl groups is 1. The third kappa shape index (κ3) is 2.90. The number of thiophene rings is 1. The number of aromatic nitrogens is 2.